The van der Waals surface area contributed by atoms with Gasteiger partial charge in [0.2, 0.25) is 0 Å². The molecule has 2 aromatic rings. The van der Waals surface area contributed by atoms with Gasteiger partial charge < -0.3 is 5.11 Å². The number of aliphatic hydroxyl groups excluding tert-OH is 1. The van der Waals surface area contributed by atoms with E-state index in [0.29, 0.717) is 5.56 Å². The van der Waals surface area contributed by atoms with Crippen LogP contribution in [0.1, 0.15) is 29.7 Å². The van der Waals surface area contributed by atoms with Gasteiger partial charge in [0.15, 0.2) is 9.84 Å². The van der Waals surface area contributed by atoms with E-state index in [9.17, 15) is 13.5 Å². The van der Waals surface area contributed by atoms with E-state index in [0.717, 1.165) is 11.1 Å². The quantitative estimate of drug-likeness (QED) is 0.943. The highest BCUT2D eigenvalue weighted by molar-refractivity contribution is 7.92. The minimum Gasteiger partial charge on any atom is -0.387 e. The second-order valence-corrected chi connectivity index (χ2v) is 7.73. The zero-order valence-corrected chi connectivity index (χ0v) is 13.3. The third kappa shape index (κ3) is 3.34. The van der Waals surface area contributed by atoms with Crippen LogP contribution < -0.4 is 0 Å². The molecule has 0 aliphatic heterocycles. The van der Waals surface area contributed by atoms with Crippen LogP contribution in [0, 0.1) is 13.8 Å². The van der Waals surface area contributed by atoms with Gasteiger partial charge in [-0.3, -0.25) is 0 Å². The normalized spacial score (nSPS) is 14.7. The van der Waals surface area contributed by atoms with Crippen molar-refractivity contribution in [3.8, 4) is 0 Å². The van der Waals surface area contributed by atoms with Crippen LogP contribution in [-0.4, -0.2) is 18.8 Å². The summed E-state index contributed by atoms with van der Waals surface area (Å²) < 4.78 is 25.2. The van der Waals surface area contributed by atoms with Crippen LogP contribution in [0.25, 0.3) is 0 Å². The lowest BCUT2D eigenvalue weighted by atomic mass is 10.1. The number of aryl methyl sites for hydroxylation is 2. The molecule has 3 nitrogen and oxygen atoms in total. The van der Waals surface area contributed by atoms with E-state index in [2.05, 4.69) is 0 Å². The Morgan fingerprint density at radius 1 is 0.952 bits per heavy atom. The van der Waals surface area contributed by atoms with Crippen LogP contribution in [0.3, 0.4) is 0 Å². The molecule has 21 heavy (non-hydrogen) atoms. The number of rotatable bonds is 4. The number of benzene rings is 2. The van der Waals surface area contributed by atoms with E-state index in [1.807, 2.05) is 32.0 Å². The molecule has 0 fully saturated rings. The molecule has 0 aliphatic rings. The van der Waals surface area contributed by atoms with Crippen molar-refractivity contribution in [1.29, 1.82) is 0 Å². The molecule has 0 amide bonds. The second-order valence-electron chi connectivity index (χ2n) is 5.42. The van der Waals surface area contributed by atoms with E-state index in [-0.39, 0.29) is 4.90 Å². The van der Waals surface area contributed by atoms with E-state index in [4.69, 9.17) is 0 Å². The molecule has 0 radical (unpaired) electrons. The SMILES string of the molecule is Cc1ccc(C(O)C(C)S(=O)(=O)c2cccc(C)c2)cc1. The third-order valence-electron chi connectivity index (χ3n) is 3.67. The maximum atomic E-state index is 12.6. The first kappa shape index (κ1) is 15.7. The predicted octanol–water partition coefficient (Wildman–Crippen LogP) is 3.20. The molecule has 0 aromatic heterocycles. The molecule has 0 bridgehead atoms. The smallest absolute Gasteiger partial charge is 0.183 e. The minimum absolute atomic E-state index is 0.251. The molecular weight excluding hydrogens is 284 g/mol. The van der Waals surface area contributed by atoms with Gasteiger partial charge in [0, 0.05) is 0 Å². The van der Waals surface area contributed by atoms with Gasteiger partial charge >= 0.3 is 0 Å². The molecule has 0 saturated heterocycles. The van der Waals surface area contributed by atoms with Gasteiger partial charge in [0.1, 0.15) is 0 Å². The molecule has 0 heterocycles. The summed E-state index contributed by atoms with van der Waals surface area (Å²) in [6.07, 6.45) is -1.05. The molecule has 2 aromatic carbocycles. The minimum atomic E-state index is -3.57. The summed E-state index contributed by atoms with van der Waals surface area (Å²) in [6.45, 7) is 5.34. The van der Waals surface area contributed by atoms with Crippen molar-refractivity contribution >= 4 is 9.84 Å². The number of hydrogen-bond acceptors (Lipinski definition) is 3. The molecule has 0 saturated carbocycles. The number of hydrogen-bond donors (Lipinski definition) is 1. The molecule has 0 aliphatic carbocycles. The lowest BCUT2D eigenvalue weighted by Crippen LogP contribution is -2.25. The van der Waals surface area contributed by atoms with E-state index in [1.165, 1.54) is 0 Å². The average Bonchev–Trinajstić information content (AvgIpc) is 2.46. The summed E-state index contributed by atoms with van der Waals surface area (Å²) in [5.74, 6) is 0. The Bertz CT molecular complexity index is 718. The van der Waals surface area contributed by atoms with Crippen LogP contribution in [0.15, 0.2) is 53.4 Å². The molecule has 0 spiro atoms. The maximum Gasteiger partial charge on any atom is 0.183 e. The molecule has 4 heteroatoms. The predicted molar refractivity (Wildman–Crippen MR) is 84.0 cm³/mol. The second kappa shape index (κ2) is 6.00. The molecule has 112 valence electrons. The van der Waals surface area contributed by atoms with Gasteiger partial charge in [0.05, 0.1) is 16.2 Å². The highest BCUT2D eigenvalue weighted by atomic mass is 32.2. The zero-order valence-electron chi connectivity index (χ0n) is 12.4. The number of sulfone groups is 1. The van der Waals surface area contributed by atoms with Gasteiger partial charge in [-0.05, 0) is 44.0 Å². The van der Waals surface area contributed by atoms with Crippen molar-refractivity contribution in [1.82, 2.24) is 0 Å². The van der Waals surface area contributed by atoms with Gasteiger partial charge in [-0.25, -0.2) is 8.42 Å². The van der Waals surface area contributed by atoms with E-state index >= 15 is 0 Å². The van der Waals surface area contributed by atoms with Crippen molar-refractivity contribution < 1.29 is 13.5 Å². The van der Waals surface area contributed by atoms with Crippen LogP contribution in [0.2, 0.25) is 0 Å². The van der Waals surface area contributed by atoms with Crippen LogP contribution in [-0.2, 0) is 9.84 Å². The Morgan fingerprint density at radius 3 is 2.14 bits per heavy atom. The molecule has 2 atom stereocenters. The Kier molecular flexibility index (Phi) is 4.49. The van der Waals surface area contributed by atoms with E-state index < -0.39 is 21.2 Å². The molecule has 2 rings (SSSR count). The lowest BCUT2D eigenvalue weighted by molar-refractivity contribution is 0.176. The van der Waals surface area contributed by atoms with Crippen molar-refractivity contribution in [2.75, 3.05) is 0 Å². The lowest BCUT2D eigenvalue weighted by Gasteiger charge is -2.20. The molecular formula is C17H20O3S. The Hall–Kier alpha value is -1.65. The van der Waals surface area contributed by atoms with Crippen molar-refractivity contribution in [2.45, 2.75) is 37.0 Å². The largest absolute Gasteiger partial charge is 0.387 e. The zero-order chi connectivity index (χ0) is 15.6. The Labute approximate surface area is 126 Å². The van der Waals surface area contributed by atoms with Crippen LogP contribution in [0.5, 0.6) is 0 Å². The summed E-state index contributed by atoms with van der Waals surface area (Å²) >= 11 is 0. The molecule has 2 unspecified atom stereocenters. The van der Waals surface area contributed by atoms with E-state index in [1.54, 1.807) is 37.3 Å². The Morgan fingerprint density at radius 2 is 1.57 bits per heavy atom. The maximum absolute atomic E-state index is 12.6. The fourth-order valence-corrected chi connectivity index (χ4v) is 3.76. The average molecular weight is 304 g/mol. The third-order valence-corrected chi connectivity index (χ3v) is 5.82. The highest BCUT2D eigenvalue weighted by Gasteiger charge is 2.30. The first-order valence-corrected chi connectivity index (χ1v) is 8.42. The van der Waals surface area contributed by atoms with Crippen molar-refractivity contribution in [2.24, 2.45) is 0 Å². The van der Waals surface area contributed by atoms with Gasteiger partial charge in [-0.1, -0.05) is 42.0 Å². The summed E-state index contributed by atoms with van der Waals surface area (Å²) in [5, 5.41) is 9.47. The van der Waals surface area contributed by atoms with Crippen LogP contribution >= 0.6 is 0 Å². The monoisotopic (exact) mass is 304 g/mol. The van der Waals surface area contributed by atoms with Gasteiger partial charge in [-0.2, -0.15) is 0 Å². The Balaban J connectivity index is 2.33. The first-order valence-electron chi connectivity index (χ1n) is 6.87. The summed E-state index contributed by atoms with van der Waals surface area (Å²) in [5.41, 5.74) is 2.57. The van der Waals surface area contributed by atoms with Gasteiger partial charge in [0.25, 0.3) is 0 Å². The first-order chi connectivity index (χ1) is 9.82. The number of aliphatic hydroxyl groups is 1. The highest BCUT2D eigenvalue weighted by Crippen LogP contribution is 2.27. The fraction of sp³-hybridized carbons (Fsp3) is 0.294. The van der Waals surface area contributed by atoms with Crippen molar-refractivity contribution in [3.05, 3.63) is 65.2 Å². The fourth-order valence-electron chi connectivity index (χ4n) is 2.21. The van der Waals surface area contributed by atoms with Crippen LogP contribution in [0.4, 0.5) is 0 Å². The van der Waals surface area contributed by atoms with Crippen molar-refractivity contribution in [3.63, 3.8) is 0 Å². The summed E-state index contributed by atoms with van der Waals surface area (Å²) in [6, 6.07) is 14.0. The summed E-state index contributed by atoms with van der Waals surface area (Å²) in [4.78, 5) is 0.251. The topological polar surface area (TPSA) is 54.4 Å². The standard InChI is InChI=1S/C17H20O3S/c1-12-7-9-15(10-8-12)17(18)14(3)21(19,20)16-6-4-5-13(2)11-16/h4-11,14,17-18H,1-3H3. The molecule has 1 N–H and O–H groups in total. The summed E-state index contributed by atoms with van der Waals surface area (Å²) in [7, 11) is -3.57. The van der Waals surface area contributed by atoms with Gasteiger partial charge in [-0.15, -0.1) is 0 Å².